The zero-order valence-electron chi connectivity index (χ0n) is 11.4. The maximum atomic E-state index is 11.5. The molecular weight excluding hydrogens is 238 g/mol. The molecule has 3 heteroatoms. The number of benzene rings is 1. The van der Waals surface area contributed by atoms with Gasteiger partial charge in [0.25, 0.3) is 0 Å². The van der Waals surface area contributed by atoms with Crippen molar-refractivity contribution in [3.8, 4) is 5.75 Å². The third kappa shape index (κ3) is 2.60. The fourth-order valence-corrected chi connectivity index (χ4v) is 3.01. The van der Waals surface area contributed by atoms with Crippen LogP contribution < -0.4 is 10.1 Å². The maximum Gasteiger partial charge on any atom is 0.219 e. The van der Waals surface area contributed by atoms with E-state index < -0.39 is 0 Å². The van der Waals surface area contributed by atoms with Gasteiger partial charge in [0.2, 0.25) is 5.91 Å². The smallest absolute Gasteiger partial charge is 0.219 e. The molecule has 102 valence electrons. The summed E-state index contributed by atoms with van der Waals surface area (Å²) < 4.78 is 5.61. The monoisotopic (exact) mass is 259 g/mol. The van der Waals surface area contributed by atoms with Gasteiger partial charge in [-0.25, -0.2) is 0 Å². The Morgan fingerprint density at radius 2 is 2.37 bits per heavy atom. The highest BCUT2D eigenvalue weighted by atomic mass is 16.5. The molecule has 0 aromatic heterocycles. The number of hydrogen-bond donors (Lipinski definition) is 1. The van der Waals surface area contributed by atoms with Crippen LogP contribution in [0.15, 0.2) is 18.2 Å². The van der Waals surface area contributed by atoms with Gasteiger partial charge in [0, 0.05) is 24.9 Å². The number of fused-ring (bicyclic) bond motifs is 1. The van der Waals surface area contributed by atoms with Gasteiger partial charge >= 0.3 is 0 Å². The summed E-state index contributed by atoms with van der Waals surface area (Å²) >= 11 is 0. The van der Waals surface area contributed by atoms with Crippen LogP contribution in [0.4, 0.5) is 0 Å². The largest absolute Gasteiger partial charge is 0.493 e. The molecular formula is C16H21NO2. The second kappa shape index (κ2) is 5.24. The number of amides is 1. The molecule has 3 rings (SSSR count). The molecule has 1 aromatic rings. The summed E-state index contributed by atoms with van der Waals surface area (Å²) in [5.41, 5.74) is 2.85. The lowest BCUT2D eigenvalue weighted by molar-refractivity contribution is -0.121. The molecule has 0 bridgehead atoms. The number of hydrogen-bond acceptors (Lipinski definition) is 2. The van der Waals surface area contributed by atoms with E-state index in [9.17, 15) is 4.79 Å². The van der Waals surface area contributed by atoms with E-state index in [1.54, 1.807) is 0 Å². The highest BCUT2D eigenvalue weighted by Crippen LogP contribution is 2.50. The van der Waals surface area contributed by atoms with Gasteiger partial charge in [-0.05, 0) is 36.3 Å². The van der Waals surface area contributed by atoms with Crippen molar-refractivity contribution in [2.75, 3.05) is 13.2 Å². The third-order valence-corrected chi connectivity index (χ3v) is 4.14. The molecule has 3 nitrogen and oxygen atoms in total. The topological polar surface area (TPSA) is 38.3 Å². The summed E-state index contributed by atoms with van der Waals surface area (Å²) in [7, 11) is 0. The van der Waals surface area contributed by atoms with E-state index in [-0.39, 0.29) is 5.91 Å². The summed E-state index contributed by atoms with van der Waals surface area (Å²) in [6.45, 7) is 3.68. The Labute approximate surface area is 114 Å². The second-order valence-corrected chi connectivity index (χ2v) is 5.58. The van der Waals surface area contributed by atoms with Crippen LogP contribution in [-0.2, 0) is 11.2 Å². The van der Waals surface area contributed by atoms with Crippen LogP contribution in [0.3, 0.4) is 0 Å². The molecule has 1 amide bonds. The van der Waals surface area contributed by atoms with Crippen LogP contribution in [0, 0.1) is 5.92 Å². The van der Waals surface area contributed by atoms with E-state index in [0.29, 0.717) is 18.3 Å². The lowest BCUT2D eigenvalue weighted by Gasteiger charge is -2.07. The molecule has 1 aliphatic carbocycles. The minimum atomic E-state index is 0.190. The fourth-order valence-electron chi connectivity index (χ4n) is 3.01. The molecule has 19 heavy (non-hydrogen) atoms. The fraction of sp³-hybridized carbons (Fsp3) is 0.562. The lowest BCUT2D eigenvalue weighted by Crippen LogP contribution is -2.25. The zero-order valence-corrected chi connectivity index (χ0v) is 11.4. The van der Waals surface area contributed by atoms with Gasteiger partial charge in [-0.2, -0.15) is 0 Å². The van der Waals surface area contributed by atoms with Gasteiger partial charge < -0.3 is 10.1 Å². The number of nitrogens with one attached hydrogen (secondary N) is 1. The van der Waals surface area contributed by atoms with E-state index in [1.807, 2.05) is 6.92 Å². The SMILES string of the molecule is CCCC(=O)NC[C@@H]1C[C@@H]1c1cccc2c1CCO2. The van der Waals surface area contributed by atoms with Crippen molar-refractivity contribution in [1.29, 1.82) is 0 Å². The molecule has 0 spiro atoms. The minimum absolute atomic E-state index is 0.190. The van der Waals surface area contributed by atoms with Gasteiger partial charge in [-0.15, -0.1) is 0 Å². The molecule has 2 aliphatic rings. The van der Waals surface area contributed by atoms with Crippen molar-refractivity contribution in [3.05, 3.63) is 29.3 Å². The summed E-state index contributed by atoms with van der Waals surface area (Å²) in [5.74, 6) is 2.50. The quantitative estimate of drug-likeness (QED) is 0.882. The van der Waals surface area contributed by atoms with Gasteiger partial charge in [0.1, 0.15) is 5.75 Å². The predicted octanol–water partition coefficient (Wildman–Crippen LogP) is 2.64. The van der Waals surface area contributed by atoms with Crippen LogP contribution in [0.2, 0.25) is 0 Å². The summed E-state index contributed by atoms with van der Waals surface area (Å²) in [6.07, 6.45) is 3.80. The average molecular weight is 259 g/mol. The third-order valence-electron chi connectivity index (χ3n) is 4.14. The molecule has 0 saturated heterocycles. The van der Waals surface area contributed by atoms with Crippen molar-refractivity contribution in [2.24, 2.45) is 5.92 Å². The number of carbonyl (C=O) groups is 1. The van der Waals surface area contributed by atoms with Crippen LogP contribution in [-0.4, -0.2) is 19.1 Å². The Hall–Kier alpha value is -1.51. The van der Waals surface area contributed by atoms with E-state index in [4.69, 9.17) is 4.74 Å². The second-order valence-electron chi connectivity index (χ2n) is 5.58. The van der Waals surface area contributed by atoms with E-state index >= 15 is 0 Å². The first kappa shape index (κ1) is 12.5. The van der Waals surface area contributed by atoms with Crippen molar-refractivity contribution < 1.29 is 9.53 Å². The van der Waals surface area contributed by atoms with Crippen LogP contribution in [0.1, 0.15) is 43.2 Å². The van der Waals surface area contributed by atoms with E-state index in [0.717, 1.165) is 31.7 Å². The van der Waals surface area contributed by atoms with Crippen LogP contribution in [0.5, 0.6) is 5.75 Å². The Morgan fingerprint density at radius 3 is 3.21 bits per heavy atom. The first-order valence-electron chi connectivity index (χ1n) is 7.31. The average Bonchev–Trinajstić information content (AvgIpc) is 3.02. The first-order chi connectivity index (χ1) is 9.29. The molecule has 1 aliphatic heterocycles. The molecule has 0 radical (unpaired) electrons. The number of rotatable bonds is 5. The Kier molecular flexibility index (Phi) is 3.45. The minimum Gasteiger partial charge on any atom is -0.493 e. The molecule has 1 aromatic carbocycles. The van der Waals surface area contributed by atoms with E-state index in [2.05, 4.69) is 23.5 Å². The van der Waals surface area contributed by atoms with Crippen molar-refractivity contribution in [3.63, 3.8) is 0 Å². The molecule has 0 unspecified atom stereocenters. The first-order valence-corrected chi connectivity index (χ1v) is 7.31. The zero-order chi connectivity index (χ0) is 13.2. The predicted molar refractivity (Wildman–Crippen MR) is 74.4 cm³/mol. The van der Waals surface area contributed by atoms with Crippen LogP contribution in [0.25, 0.3) is 0 Å². The van der Waals surface area contributed by atoms with Crippen molar-refractivity contribution >= 4 is 5.91 Å². The normalized spacial score (nSPS) is 23.6. The van der Waals surface area contributed by atoms with Gasteiger partial charge in [0.15, 0.2) is 0 Å². The molecule has 2 atom stereocenters. The highest BCUT2D eigenvalue weighted by molar-refractivity contribution is 5.75. The Balaban J connectivity index is 1.58. The van der Waals surface area contributed by atoms with E-state index in [1.165, 1.54) is 17.5 Å². The highest BCUT2D eigenvalue weighted by Gasteiger charge is 2.40. The Bertz CT molecular complexity index is 484. The summed E-state index contributed by atoms with van der Waals surface area (Å²) in [5, 5.41) is 3.04. The molecule has 1 heterocycles. The molecule has 1 fully saturated rings. The summed E-state index contributed by atoms with van der Waals surface area (Å²) in [6, 6.07) is 6.38. The summed E-state index contributed by atoms with van der Waals surface area (Å²) in [4.78, 5) is 11.5. The maximum absolute atomic E-state index is 11.5. The number of carbonyl (C=O) groups excluding carboxylic acids is 1. The van der Waals surface area contributed by atoms with Gasteiger partial charge in [-0.3, -0.25) is 4.79 Å². The Morgan fingerprint density at radius 1 is 1.47 bits per heavy atom. The lowest BCUT2D eigenvalue weighted by atomic mass is 10.00. The molecule has 1 saturated carbocycles. The van der Waals surface area contributed by atoms with Crippen molar-refractivity contribution in [2.45, 2.75) is 38.5 Å². The standard InChI is InChI=1S/C16H21NO2/c1-2-4-16(18)17-10-11-9-14(11)12-5-3-6-15-13(12)7-8-19-15/h3,5-6,11,14H,2,4,7-10H2,1H3,(H,17,18)/t11-,14-/m0/s1. The van der Waals surface area contributed by atoms with Crippen molar-refractivity contribution in [1.82, 2.24) is 5.32 Å². The van der Waals surface area contributed by atoms with Gasteiger partial charge in [-0.1, -0.05) is 19.1 Å². The number of ether oxygens (including phenoxy) is 1. The van der Waals surface area contributed by atoms with Crippen LogP contribution >= 0.6 is 0 Å². The molecule has 1 N–H and O–H groups in total. The van der Waals surface area contributed by atoms with Gasteiger partial charge in [0.05, 0.1) is 6.61 Å².